The molecule has 0 aromatic rings. The zero-order chi connectivity index (χ0) is 43.0. The fraction of sp³-hybridized carbons (Fsp3) is 0.804. The molecule has 2 saturated heterocycles. The number of carbonyl (C=O) groups is 3. The van der Waals surface area contributed by atoms with Gasteiger partial charge in [0.2, 0.25) is 0 Å². The van der Waals surface area contributed by atoms with E-state index in [0.717, 1.165) is 19.3 Å². The van der Waals surface area contributed by atoms with E-state index in [0.29, 0.717) is 32.1 Å². The Morgan fingerprint density at radius 3 is 2.09 bits per heavy atom. The molecule has 0 aliphatic carbocycles. The topological polar surface area (TPSA) is 180 Å². The minimum absolute atomic E-state index is 0.163. The Kier molecular flexibility index (Phi) is 18.4. The van der Waals surface area contributed by atoms with Gasteiger partial charge in [0.15, 0.2) is 11.6 Å². The van der Waals surface area contributed by atoms with Crippen molar-refractivity contribution in [1.29, 1.82) is 0 Å². The van der Waals surface area contributed by atoms with Gasteiger partial charge in [-0.2, -0.15) is 0 Å². The summed E-state index contributed by atoms with van der Waals surface area (Å²) in [7, 11) is 0. The molecule has 5 N–H and O–H groups in total. The lowest BCUT2D eigenvalue weighted by Crippen LogP contribution is -2.63. The van der Waals surface area contributed by atoms with Gasteiger partial charge < -0.3 is 39.7 Å². The number of ketones is 2. The van der Waals surface area contributed by atoms with Gasteiger partial charge in [0.05, 0.1) is 42.5 Å². The van der Waals surface area contributed by atoms with E-state index in [1.54, 1.807) is 27.7 Å². The average Bonchev–Trinajstić information content (AvgIpc) is 3.17. The van der Waals surface area contributed by atoms with E-state index in [1.165, 1.54) is 32.9 Å². The maximum Gasteiger partial charge on any atom is 0.330 e. The van der Waals surface area contributed by atoms with Crippen LogP contribution in [-0.4, -0.2) is 97.2 Å². The summed E-state index contributed by atoms with van der Waals surface area (Å²) in [5.74, 6) is -7.21. The molecule has 3 aliphatic rings. The molecule has 0 aromatic carbocycles. The van der Waals surface area contributed by atoms with Crippen LogP contribution < -0.4 is 0 Å². The summed E-state index contributed by atoms with van der Waals surface area (Å²) in [6, 6.07) is 0. The fourth-order valence-corrected chi connectivity index (χ4v) is 9.37. The van der Waals surface area contributed by atoms with E-state index in [4.69, 9.17) is 14.2 Å². The summed E-state index contributed by atoms with van der Waals surface area (Å²) in [4.78, 5) is 40.7. The molecule has 57 heavy (non-hydrogen) atoms. The summed E-state index contributed by atoms with van der Waals surface area (Å²) >= 11 is 0. The van der Waals surface area contributed by atoms with Crippen LogP contribution in [0, 0.1) is 53.3 Å². The molecule has 3 heterocycles. The number of ether oxygens (including phenoxy) is 3. The summed E-state index contributed by atoms with van der Waals surface area (Å²) < 4.78 is 20.3. The minimum atomic E-state index is -2.18. The highest BCUT2D eigenvalue weighted by atomic mass is 16.7. The molecule has 326 valence electrons. The first-order valence-electron chi connectivity index (χ1n) is 21.7. The van der Waals surface area contributed by atoms with E-state index < -0.39 is 89.0 Å². The molecule has 3 aliphatic heterocycles. The van der Waals surface area contributed by atoms with E-state index in [1.807, 2.05) is 25.2 Å². The molecule has 3 rings (SSSR count). The van der Waals surface area contributed by atoms with Crippen molar-refractivity contribution in [2.75, 3.05) is 0 Å². The van der Waals surface area contributed by atoms with Crippen LogP contribution in [0.2, 0.25) is 0 Å². The monoisotopic (exact) mass is 805 g/mol. The van der Waals surface area contributed by atoms with Crippen molar-refractivity contribution in [3.63, 3.8) is 0 Å². The number of hydrogen-bond donors (Lipinski definition) is 5. The second kappa shape index (κ2) is 21.3. The van der Waals surface area contributed by atoms with Gasteiger partial charge in [-0.25, -0.2) is 4.79 Å². The number of Topliss-reactive ketones (excluding diaryl/α,β-unsaturated/α-hetero) is 2. The maximum absolute atomic E-state index is 13.6. The third-order valence-corrected chi connectivity index (χ3v) is 13.6. The molecular weight excluding hydrogens is 728 g/mol. The quantitative estimate of drug-likeness (QED) is 0.202. The van der Waals surface area contributed by atoms with Gasteiger partial charge >= 0.3 is 5.97 Å². The van der Waals surface area contributed by atoms with E-state index in [2.05, 4.69) is 26.8 Å². The Morgan fingerprint density at radius 2 is 1.47 bits per heavy atom. The molecule has 0 radical (unpaired) electrons. The Labute approximate surface area is 342 Å². The standard InChI is InChI=1S/C46H76O11/c1-12-34-18-16-14-15-17-28(5)43(52)45(11,54)44(53)33(10)41(51)32(9)40(50)31(8)39(49)27(4)19-22-38(48)55-42-30(7)36(21-20-34)56-46(35(42)13-2)24-23-26(3)37(57-46)25-29(6)47/h14-16,18-19,22,26-37,39,41-43,47,49,51-52,54H,12-13,17,20-21,23-25H2,1-11H3/t26-,27-,28+,29+,30+,31-,32-,33-,34-,35-,36-,37-,39+,41+,42+,43-,45+,46?/m1/s1. The van der Waals surface area contributed by atoms with Crippen molar-refractivity contribution < 1.29 is 54.1 Å². The summed E-state index contributed by atoms with van der Waals surface area (Å²) in [5.41, 5.74) is -2.18. The van der Waals surface area contributed by atoms with Gasteiger partial charge in [-0.05, 0) is 76.5 Å². The first kappa shape index (κ1) is 49.1. The number of allylic oxidation sites excluding steroid dienone is 4. The van der Waals surface area contributed by atoms with E-state index in [9.17, 15) is 39.9 Å². The molecule has 0 amide bonds. The van der Waals surface area contributed by atoms with Crippen LogP contribution >= 0.6 is 0 Å². The highest BCUT2D eigenvalue weighted by molar-refractivity contribution is 5.91. The third-order valence-electron chi connectivity index (χ3n) is 13.6. The smallest absolute Gasteiger partial charge is 0.330 e. The molecule has 11 heteroatoms. The Hall–Kier alpha value is -2.25. The molecule has 2 fully saturated rings. The number of carbonyl (C=O) groups excluding carboxylic acids is 3. The van der Waals surface area contributed by atoms with E-state index in [-0.39, 0.29) is 35.9 Å². The van der Waals surface area contributed by atoms with Crippen molar-refractivity contribution in [2.24, 2.45) is 53.3 Å². The van der Waals surface area contributed by atoms with Crippen LogP contribution in [-0.2, 0) is 28.6 Å². The Balaban J connectivity index is 2.02. The number of fused-ring (bicyclic) bond motifs is 2. The van der Waals surface area contributed by atoms with Crippen LogP contribution in [0.3, 0.4) is 0 Å². The predicted octanol–water partition coefficient (Wildman–Crippen LogP) is 6.27. The van der Waals surface area contributed by atoms with Gasteiger partial charge in [-0.1, -0.05) is 92.7 Å². The second-order valence-electron chi connectivity index (χ2n) is 18.2. The molecule has 0 saturated carbocycles. The number of esters is 1. The molecule has 1 unspecified atom stereocenters. The van der Waals surface area contributed by atoms with Gasteiger partial charge in [-0.15, -0.1) is 0 Å². The van der Waals surface area contributed by atoms with Crippen LogP contribution in [0.15, 0.2) is 36.5 Å². The minimum Gasteiger partial charge on any atom is -0.458 e. The third kappa shape index (κ3) is 12.0. The Bertz CT molecular complexity index is 1400. The number of aliphatic hydroxyl groups is 5. The fourth-order valence-electron chi connectivity index (χ4n) is 9.37. The van der Waals surface area contributed by atoms with Gasteiger partial charge in [-0.3, -0.25) is 9.59 Å². The van der Waals surface area contributed by atoms with E-state index >= 15 is 0 Å². The number of aliphatic hydroxyl groups excluding tert-OH is 4. The van der Waals surface area contributed by atoms with Gasteiger partial charge in [0, 0.05) is 42.1 Å². The lowest BCUT2D eigenvalue weighted by molar-refractivity contribution is -0.374. The Morgan fingerprint density at radius 1 is 0.825 bits per heavy atom. The van der Waals surface area contributed by atoms with Crippen molar-refractivity contribution in [3.05, 3.63) is 36.5 Å². The number of rotatable bonds is 4. The zero-order valence-corrected chi connectivity index (χ0v) is 36.5. The normalized spacial score (nSPS) is 44.5. The highest BCUT2D eigenvalue weighted by Gasteiger charge is 2.57. The largest absolute Gasteiger partial charge is 0.458 e. The highest BCUT2D eigenvalue weighted by Crippen LogP contribution is 2.50. The zero-order valence-electron chi connectivity index (χ0n) is 36.5. The van der Waals surface area contributed by atoms with Crippen LogP contribution in [0.25, 0.3) is 0 Å². The summed E-state index contributed by atoms with van der Waals surface area (Å²) in [5, 5.41) is 55.2. The summed E-state index contributed by atoms with van der Waals surface area (Å²) in [6.07, 6.45) is 10.3. The van der Waals surface area contributed by atoms with Gasteiger partial charge in [0.25, 0.3) is 0 Å². The second-order valence-corrected chi connectivity index (χ2v) is 18.2. The van der Waals surface area contributed by atoms with Crippen molar-refractivity contribution in [1.82, 2.24) is 0 Å². The molecule has 0 aromatic heterocycles. The molecular formula is C46H76O11. The molecule has 2 bridgehead atoms. The number of hydrogen-bond acceptors (Lipinski definition) is 11. The van der Waals surface area contributed by atoms with Crippen molar-refractivity contribution in [3.8, 4) is 0 Å². The van der Waals surface area contributed by atoms with Gasteiger partial charge in [0.1, 0.15) is 17.5 Å². The SMILES string of the molecule is CC[C@@H]1C=CC=CC[C@H](C)[C@@H](O)[C@](C)(O)C(=O)[C@H](C)[C@@H](O)[C@H](C)C(=O)[C@H](C)[C@@H](O)[C@H](C)C=CC(=O)O[C@H]2[C@@H](C)[C@@H](CC1)OC1(CC[C@@H](C)[C@@H](C[C@H](C)O)O1)[C@@H]2CC. The summed E-state index contributed by atoms with van der Waals surface area (Å²) in [6.45, 7) is 19.2. The van der Waals surface area contributed by atoms with Crippen molar-refractivity contribution in [2.45, 2.75) is 182 Å². The molecule has 11 nitrogen and oxygen atoms in total. The van der Waals surface area contributed by atoms with Crippen molar-refractivity contribution >= 4 is 17.5 Å². The first-order chi connectivity index (χ1) is 26.6. The lowest BCUT2D eigenvalue weighted by Gasteiger charge is -2.56. The molecule has 18 atom stereocenters. The predicted molar refractivity (Wildman–Crippen MR) is 220 cm³/mol. The van der Waals surface area contributed by atoms with Crippen LogP contribution in [0.1, 0.15) is 128 Å². The first-order valence-corrected chi connectivity index (χ1v) is 21.7. The average molecular weight is 805 g/mol. The molecule has 1 spiro atoms. The van der Waals surface area contributed by atoms with Crippen LogP contribution in [0.4, 0.5) is 0 Å². The van der Waals surface area contributed by atoms with Crippen LogP contribution in [0.5, 0.6) is 0 Å². The lowest BCUT2D eigenvalue weighted by atomic mass is 9.73. The maximum atomic E-state index is 13.6.